The van der Waals surface area contributed by atoms with Crippen molar-refractivity contribution in [1.82, 2.24) is 10.6 Å². The van der Waals surface area contributed by atoms with Crippen LogP contribution in [0.2, 0.25) is 0 Å². The number of carbonyl (C=O) groups excluding carboxylic acids is 1. The van der Waals surface area contributed by atoms with E-state index in [-0.39, 0.29) is 12.1 Å². The van der Waals surface area contributed by atoms with E-state index in [0.717, 1.165) is 35.9 Å². The topological polar surface area (TPSA) is 41.1 Å². The standard InChI is InChI=1S/C17H20N2O/c20-17-18-15-10-13-8-4-7-12(13)9-14(15)16(19-17)11-5-2-1-3-6-11/h1-3,5-6,12-13,15H,4,7-10H2,(H2,18,19,20). The Labute approximate surface area is 119 Å². The van der Waals surface area contributed by atoms with Crippen molar-refractivity contribution in [2.45, 2.75) is 38.1 Å². The molecule has 3 heteroatoms. The normalized spacial score (nSPS) is 32.2. The zero-order chi connectivity index (χ0) is 13.5. The maximum atomic E-state index is 11.9. The predicted octanol–water partition coefficient (Wildman–Crippen LogP) is 3.29. The Morgan fingerprint density at radius 3 is 2.70 bits per heavy atom. The first-order chi connectivity index (χ1) is 9.81. The first-order valence-electron chi connectivity index (χ1n) is 7.67. The second-order valence-corrected chi connectivity index (χ2v) is 6.31. The van der Waals surface area contributed by atoms with Crippen LogP contribution in [0.3, 0.4) is 0 Å². The van der Waals surface area contributed by atoms with Gasteiger partial charge in [0.2, 0.25) is 0 Å². The molecule has 0 saturated heterocycles. The molecule has 3 aliphatic rings. The predicted molar refractivity (Wildman–Crippen MR) is 78.9 cm³/mol. The summed E-state index contributed by atoms with van der Waals surface area (Å²) in [5.74, 6) is 1.65. The van der Waals surface area contributed by atoms with Crippen molar-refractivity contribution in [2.75, 3.05) is 0 Å². The van der Waals surface area contributed by atoms with Crippen molar-refractivity contribution in [2.24, 2.45) is 11.8 Å². The molecule has 1 aromatic carbocycles. The van der Waals surface area contributed by atoms with Crippen molar-refractivity contribution in [3.63, 3.8) is 0 Å². The van der Waals surface area contributed by atoms with Gasteiger partial charge in [-0.15, -0.1) is 0 Å². The van der Waals surface area contributed by atoms with Crippen molar-refractivity contribution in [3.05, 3.63) is 41.5 Å². The van der Waals surface area contributed by atoms with E-state index in [0.29, 0.717) is 0 Å². The highest BCUT2D eigenvalue weighted by Gasteiger charge is 2.40. The van der Waals surface area contributed by atoms with E-state index in [2.05, 4.69) is 22.8 Å². The molecule has 2 saturated carbocycles. The lowest BCUT2D eigenvalue weighted by molar-refractivity contribution is 0.227. The van der Waals surface area contributed by atoms with Gasteiger partial charge in [0.1, 0.15) is 0 Å². The van der Waals surface area contributed by atoms with Crippen LogP contribution in [0.4, 0.5) is 4.79 Å². The zero-order valence-corrected chi connectivity index (χ0v) is 11.6. The Bertz CT molecular complexity index is 564. The SMILES string of the molecule is O=C1NC(c2ccccc2)=C2CC3CCCC3CC2N1. The van der Waals surface area contributed by atoms with Crippen molar-refractivity contribution >= 4 is 11.7 Å². The van der Waals surface area contributed by atoms with Gasteiger partial charge in [-0.05, 0) is 42.2 Å². The minimum atomic E-state index is -0.0472. The number of hydrogen-bond donors (Lipinski definition) is 2. The van der Waals surface area contributed by atoms with Crippen LogP contribution in [0.25, 0.3) is 5.70 Å². The fourth-order valence-electron chi connectivity index (χ4n) is 4.24. The fraction of sp³-hybridized carbons (Fsp3) is 0.471. The molecule has 1 heterocycles. The molecular formula is C17H20N2O. The van der Waals surface area contributed by atoms with Crippen LogP contribution in [0.1, 0.15) is 37.7 Å². The summed E-state index contributed by atoms with van der Waals surface area (Å²) in [5.41, 5.74) is 3.61. The number of carbonyl (C=O) groups is 1. The average Bonchev–Trinajstić information content (AvgIpc) is 2.92. The summed E-state index contributed by atoms with van der Waals surface area (Å²) in [6, 6.07) is 10.5. The molecule has 2 aliphatic carbocycles. The van der Waals surface area contributed by atoms with Gasteiger partial charge in [-0.25, -0.2) is 4.79 Å². The molecule has 4 rings (SSSR count). The molecule has 3 nitrogen and oxygen atoms in total. The van der Waals surface area contributed by atoms with Crippen molar-refractivity contribution < 1.29 is 4.79 Å². The highest BCUT2D eigenvalue weighted by molar-refractivity contribution is 5.90. The Hall–Kier alpha value is -1.77. The molecular weight excluding hydrogens is 248 g/mol. The summed E-state index contributed by atoms with van der Waals surface area (Å²) in [5, 5.41) is 6.16. The van der Waals surface area contributed by atoms with Gasteiger partial charge in [-0.3, -0.25) is 0 Å². The lowest BCUT2D eigenvalue weighted by Gasteiger charge is -2.39. The summed E-state index contributed by atoms with van der Waals surface area (Å²) < 4.78 is 0. The molecule has 3 unspecified atom stereocenters. The minimum absolute atomic E-state index is 0.0472. The van der Waals surface area contributed by atoms with Crippen LogP contribution in [-0.4, -0.2) is 12.1 Å². The molecule has 20 heavy (non-hydrogen) atoms. The molecule has 0 aromatic heterocycles. The van der Waals surface area contributed by atoms with Gasteiger partial charge in [0.05, 0.1) is 11.7 Å². The van der Waals surface area contributed by atoms with E-state index in [1.165, 1.54) is 24.8 Å². The lowest BCUT2D eigenvalue weighted by atomic mass is 9.74. The molecule has 2 N–H and O–H groups in total. The molecule has 0 spiro atoms. The number of urea groups is 1. The van der Waals surface area contributed by atoms with Crippen LogP contribution in [0.5, 0.6) is 0 Å². The van der Waals surface area contributed by atoms with E-state index in [9.17, 15) is 4.79 Å². The molecule has 0 bridgehead atoms. The summed E-state index contributed by atoms with van der Waals surface area (Å²) in [7, 11) is 0. The van der Waals surface area contributed by atoms with Crippen LogP contribution in [0, 0.1) is 11.8 Å². The Morgan fingerprint density at radius 2 is 1.85 bits per heavy atom. The quantitative estimate of drug-likeness (QED) is 0.806. The number of hydrogen-bond acceptors (Lipinski definition) is 1. The van der Waals surface area contributed by atoms with Crippen LogP contribution >= 0.6 is 0 Å². The number of fused-ring (bicyclic) bond motifs is 2. The average molecular weight is 268 g/mol. The van der Waals surface area contributed by atoms with Gasteiger partial charge in [0.25, 0.3) is 0 Å². The van der Waals surface area contributed by atoms with Crippen LogP contribution in [0.15, 0.2) is 35.9 Å². The molecule has 1 aromatic rings. The maximum absolute atomic E-state index is 11.9. The molecule has 104 valence electrons. The van der Waals surface area contributed by atoms with Gasteiger partial charge in [0, 0.05) is 0 Å². The van der Waals surface area contributed by atoms with Gasteiger partial charge in [-0.2, -0.15) is 0 Å². The van der Waals surface area contributed by atoms with E-state index in [1.54, 1.807) is 0 Å². The minimum Gasteiger partial charge on any atom is -0.331 e. The largest absolute Gasteiger partial charge is 0.331 e. The van der Waals surface area contributed by atoms with Gasteiger partial charge in [0.15, 0.2) is 0 Å². The summed E-state index contributed by atoms with van der Waals surface area (Å²) >= 11 is 0. The Kier molecular flexibility index (Phi) is 2.79. The Balaban J connectivity index is 1.75. The third-order valence-electron chi connectivity index (χ3n) is 5.19. The number of amides is 2. The molecule has 2 amide bonds. The monoisotopic (exact) mass is 268 g/mol. The van der Waals surface area contributed by atoms with Crippen molar-refractivity contribution in [1.29, 1.82) is 0 Å². The first-order valence-corrected chi connectivity index (χ1v) is 7.67. The Morgan fingerprint density at radius 1 is 1.05 bits per heavy atom. The molecule has 3 atom stereocenters. The number of nitrogens with one attached hydrogen (secondary N) is 2. The van der Waals surface area contributed by atoms with Crippen LogP contribution < -0.4 is 10.6 Å². The van der Waals surface area contributed by atoms with Gasteiger partial charge in [-0.1, -0.05) is 43.2 Å². The first kappa shape index (κ1) is 12.0. The van der Waals surface area contributed by atoms with Crippen molar-refractivity contribution in [3.8, 4) is 0 Å². The summed E-state index contributed by atoms with van der Waals surface area (Å²) in [4.78, 5) is 11.9. The van der Waals surface area contributed by atoms with Gasteiger partial charge >= 0.3 is 6.03 Å². The summed E-state index contributed by atoms with van der Waals surface area (Å²) in [6.07, 6.45) is 6.34. The lowest BCUT2D eigenvalue weighted by Crippen LogP contribution is -2.50. The molecule has 0 radical (unpaired) electrons. The van der Waals surface area contributed by atoms with E-state index in [4.69, 9.17) is 0 Å². The second-order valence-electron chi connectivity index (χ2n) is 6.31. The number of benzene rings is 1. The number of rotatable bonds is 1. The third kappa shape index (κ3) is 1.92. The van der Waals surface area contributed by atoms with Gasteiger partial charge < -0.3 is 10.6 Å². The molecule has 2 fully saturated rings. The van der Waals surface area contributed by atoms with E-state index < -0.39 is 0 Å². The smallest absolute Gasteiger partial charge is 0.319 e. The summed E-state index contributed by atoms with van der Waals surface area (Å²) in [6.45, 7) is 0. The highest BCUT2D eigenvalue weighted by atomic mass is 16.2. The molecule has 1 aliphatic heterocycles. The fourth-order valence-corrected chi connectivity index (χ4v) is 4.24. The maximum Gasteiger partial charge on any atom is 0.319 e. The van der Waals surface area contributed by atoms with Crippen LogP contribution in [-0.2, 0) is 0 Å². The highest BCUT2D eigenvalue weighted by Crippen LogP contribution is 2.46. The van der Waals surface area contributed by atoms with E-state index in [1.807, 2.05) is 18.2 Å². The zero-order valence-electron chi connectivity index (χ0n) is 11.6. The second kappa shape index (κ2) is 4.65. The van der Waals surface area contributed by atoms with E-state index >= 15 is 0 Å². The third-order valence-corrected chi connectivity index (χ3v) is 5.19.